The first kappa shape index (κ1) is 18.6. The number of carbonyl (C=O) groups is 4. The molecule has 0 bridgehead atoms. The van der Waals surface area contributed by atoms with Crippen molar-refractivity contribution < 1.29 is 38.5 Å². The van der Waals surface area contributed by atoms with E-state index in [2.05, 4.69) is 13.2 Å². The first-order chi connectivity index (χ1) is 11.4. The smallest absolute Gasteiger partial charge is 0.338 e. The van der Waals surface area contributed by atoms with E-state index >= 15 is 0 Å². The van der Waals surface area contributed by atoms with Gasteiger partial charge in [0.25, 0.3) is 6.29 Å². The average Bonchev–Trinajstić information content (AvgIpc) is 2.58. The van der Waals surface area contributed by atoms with Gasteiger partial charge in [-0.3, -0.25) is 0 Å². The Bertz CT molecular complexity index is 637. The van der Waals surface area contributed by atoms with Crippen LogP contribution >= 0.6 is 0 Å². The quantitative estimate of drug-likeness (QED) is 0.430. The number of benzene rings is 1. The predicted octanol–water partition coefficient (Wildman–Crippen LogP) is 1.33. The number of carboxylic acids is 1. The predicted molar refractivity (Wildman–Crippen MR) is 80.0 cm³/mol. The molecule has 8 nitrogen and oxygen atoms in total. The van der Waals surface area contributed by atoms with E-state index in [4.69, 9.17) is 19.3 Å². The van der Waals surface area contributed by atoms with Crippen molar-refractivity contribution in [2.75, 3.05) is 6.61 Å². The van der Waals surface area contributed by atoms with Crippen molar-refractivity contribution in [3.8, 4) is 0 Å². The third-order valence-electron chi connectivity index (χ3n) is 2.55. The van der Waals surface area contributed by atoms with E-state index in [9.17, 15) is 19.2 Å². The van der Waals surface area contributed by atoms with Crippen molar-refractivity contribution in [3.63, 3.8) is 0 Å². The van der Waals surface area contributed by atoms with Gasteiger partial charge in [-0.05, 0) is 24.3 Å². The standard InChI is InChI=1S/C16H14O8/c1-3-12(17)23-14(24-13(18)4-2)9-22-16(21)11-7-5-10(6-8-11)15(19)20/h3-8,14H,1-2,9H2,(H,19,20). The van der Waals surface area contributed by atoms with Crippen molar-refractivity contribution in [2.24, 2.45) is 0 Å². The molecule has 8 heteroatoms. The lowest BCUT2D eigenvalue weighted by Gasteiger charge is -2.16. The highest BCUT2D eigenvalue weighted by molar-refractivity contribution is 5.92. The second kappa shape index (κ2) is 8.89. The molecule has 24 heavy (non-hydrogen) atoms. The maximum absolute atomic E-state index is 11.8. The molecule has 0 amide bonds. The van der Waals surface area contributed by atoms with Crippen LogP contribution in [0.25, 0.3) is 0 Å². The molecule has 0 unspecified atom stereocenters. The van der Waals surface area contributed by atoms with E-state index in [1.54, 1.807) is 0 Å². The summed E-state index contributed by atoms with van der Waals surface area (Å²) >= 11 is 0. The normalized spacial score (nSPS) is 9.71. The molecule has 0 heterocycles. The van der Waals surface area contributed by atoms with Crippen LogP contribution in [-0.2, 0) is 23.8 Å². The maximum atomic E-state index is 11.8. The van der Waals surface area contributed by atoms with Gasteiger partial charge in [-0.2, -0.15) is 0 Å². The fourth-order valence-corrected chi connectivity index (χ4v) is 1.42. The fourth-order valence-electron chi connectivity index (χ4n) is 1.42. The summed E-state index contributed by atoms with van der Waals surface area (Å²) in [5.74, 6) is -3.71. The van der Waals surface area contributed by atoms with Gasteiger partial charge in [0.1, 0.15) is 0 Å². The lowest BCUT2D eigenvalue weighted by molar-refractivity contribution is -0.187. The van der Waals surface area contributed by atoms with Crippen molar-refractivity contribution in [3.05, 3.63) is 60.7 Å². The zero-order valence-corrected chi connectivity index (χ0v) is 12.5. The second-order valence-electron chi connectivity index (χ2n) is 4.19. The van der Waals surface area contributed by atoms with Crippen LogP contribution in [0.3, 0.4) is 0 Å². The van der Waals surface area contributed by atoms with E-state index in [-0.39, 0.29) is 11.1 Å². The summed E-state index contributed by atoms with van der Waals surface area (Å²) < 4.78 is 14.3. The molecule has 0 spiro atoms. The largest absolute Gasteiger partial charge is 0.478 e. The summed E-state index contributed by atoms with van der Waals surface area (Å²) in [6, 6.07) is 4.97. The number of rotatable bonds is 8. The molecule has 0 saturated heterocycles. The Morgan fingerprint density at radius 2 is 1.42 bits per heavy atom. The van der Waals surface area contributed by atoms with Gasteiger partial charge >= 0.3 is 23.9 Å². The van der Waals surface area contributed by atoms with E-state index in [1.807, 2.05) is 0 Å². The zero-order valence-electron chi connectivity index (χ0n) is 12.5. The molecule has 1 aromatic rings. The van der Waals surface area contributed by atoms with Gasteiger partial charge in [0.15, 0.2) is 6.61 Å². The van der Waals surface area contributed by atoms with Crippen molar-refractivity contribution >= 4 is 23.9 Å². The van der Waals surface area contributed by atoms with Gasteiger partial charge in [0, 0.05) is 12.2 Å². The van der Waals surface area contributed by atoms with Crippen LogP contribution in [0.1, 0.15) is 20.7 Å². The third-order valence-corrected chi connectivity index (χ3v) is 2.55. The van der Waals surface area contributed by atoms with Gasteiger partial charge in [-0.15, -0.1) is 0 Å². The van der Waals surface area contributed by atoms with E-state index in [0.29, 0.717) is 0 Å². The van der Waals surface area contributed by atoms with Crippen LogP contribution in [-0.4, -0.2) is 41.9 Å². The molecule has 0 atom stereocenters. The molecule has 0 radical (unpaired) electrons. The number of esters is 3. The van der Waals surface area contributed by atoms with E-state index < -0.39 is 36.8 Å². The molecule has 0 aromatic heterocycles. The first-order valence-corrected chi connectivity index (χ1v) is 6.54. The van der Waals surface area contributed by atoms with Crippen molar-refractivity contribution in [1.82, 2.24) is 0 Å². The average molecular weight is 334 g/mol. The number of aromatic carboxylic acids is 1. The van der Waals surface area contributed by atoms with Gasteiger partial charge < -0.3 is 19.3 Å². The highest BCUT2D eigenvalue weighted by Gasteiger charge is 2.20. The van der Waals surface area contributed by atoms with Gasteiger partial charge in [-0.1, -0.05) is 13.2 Å². The summed E-state index contributed by atoms with van der Waals surface area (Å²) in [6.45, 7) is 5.82. The second-order valence-corrected chi connectivity index (χ2v) is 4.19. The van der Waals surface area contributed by atoms with Crippen molar-refractivity contribution in [1.29, 1.82) is 0 Å². The Labute approximate surface area is 136 Å². The number of carboxylic acid groups (broad SMARTS) is 1. The maximum Gasteiger partial charge on any atom is 0.338 e. The Morgan fingerprint density at radius 3 is 1.83 bits per heavy atom. The molecule has 1 N–H and O–H groups in total. The Hall–Kier alpha value is -3.42. The van der Waals surface area contributed by atoms with Crippen LogP contribution in [0, 0.1) is 0 Å². The minimum Gasteiger partial charge on any atom is -0.478 e. The number of hydrogen-bond donors (Lipinski definition) is 1. The molecule has 0 aliphatic carbocycles. The summed E-state index contributed by atoms with van der Waals surface area (Å²) in [7, 11) is 0. The van der Waals surface area contributed by atoms with Crippen LogP contribution in [0.5, 0.6) is 0 Å². The summed E-state index contributed by atoms with van der Waals surface area (Å²) in [5, 5.41) is 8.78. The van der Waals surface area contributed by atoms with Gasteiger partial charge in [-0.25, -0.2) is 19.2 Å². The number of carbonyl (C=O) groups excluding carboxylic acids is 3. The first-order valence-electron chi connectivity index (χ1n) is 6.54. The van der Waals surface area contributed by atoms with Crippen LogP contribution in [0.15, 0.2) is 49.6 Å². The van der Waals surface area contributed by atoms with Gasteiger partial charge in [0.05, 0.1) is 11.1 Å². The number of ether oxygens (including phenoxy) is 3. The Kier molecular flexibility index (Phi) is 6.90. The molecule has 0 aliphatic rings. The molecule has 0 aliphatic heterocycles. The summed E-state index contributed by atoms with van der Waals surface area (Å²) in [4.78, 5) is 44.9. The summed E-state index contributed by atoms with van der Waals surface area (Å²) in [6.07, 6.45) is 0.228. The minimum absolute atomic E-state index is 0.00394. The van der Waals surface area contributed by atoms with E-state index in [1.165, 1.54) is 24.3 Å². The lowest BCUT2D eigenvalue weighted by Crippen LogP contribution is -2.29. The van der Waals surface area contributed by atoms with Crippen LogP contribution in [0.2, 0.25) is 0 Å². The van der Waals surface area contributed by atoms with Crippen LogP contribution < -0.4 is 0 Å². The molecular weight excluding hydrogens is 320 g/mol. The highest BCUT2D eigenvalue weighted by Crippen LogP contribution is 2.08. The molecule has 1 aromatic carbocycles. The molecular formula is C16H14O8. The number of hydrogen-bond acceptors (Lipinski definition) is 7. The summed E-state index contributed by atoms with van der Waals surface area (Å²) in [5.41, 5.74) is 0.0769. The topological polar surface area (TPSA) is 116 Å². The highest BCUT2D eigenvalue weighted by atomic mass is 16.7. The Balaban J connectivity index is 2.69. The molecule has 1 rings (SSSR count). The monoisotopic (exact) mass is 334 g/mol. The zero-order chi connectivity index (χ0) is 18.1. The van der Waals surface area contributed by atoms with Crippen molar-refractivity contribution in [2.45, 2.75) is 6.29 Å². The Morgan fingerprint density at radius 1 is 0.958 bits per heavy atom. The molecule has 0 fully saturated rings. The molecule has 126 valence electrons. The fraction of sp³-hybridized carbons (Fsp3) is 0.125. The SMILES string of the molecule is C=CC(=O)OC(COC(=O)c1ccc(C(=O)O)cc1)OC(=O)C=C. The van der Waals surface area contributed by atoms with Crippen LogP contribution in [0.4, 0.5) is 0 Å². The van der Waals surface area contributed by atoms with Gasteiger partial charge in [0.2, 0.25) is 0 Å². The minimum atomic E-state index is -1.47. The third kappa shape index (κ3) is 5.76. The molecule has 0 saturated carbocycles. The van der Waals surface area contributed by atoms with E-state index in [0.717, 1.165) is 12.2 Å². The lowest BCUT2D eigenvalue weighted by atomic mass is 10.1.